The Labute approximate surface area is 178 Å². The van der Waals surface area contributed by atoms with Crippen molar-refractivity contribution in [2.75, 3.05) is 18.6 Å². The molecule has 0 aliphatic carbocycles. The number of hydrogen-bond donors (Lipinski definition) is 1. The minimum atomic E-state index is -0.801. The molecule has 3 aromatic rings. The molecule has 5 nitrogen and oxygen atoms in total. The molecule has 1 heterocycles. The first-order valence-corrected chi connectivity index (χ1v) is 11.5. The molecular formula is C22H23NO4S2. The Balaban J connectivity index is 1.55. The summed E-state index contributed by atoms with van der Waals surface area (Å²) in [6, 6.07) is 15.9. The molecule has 1 aromatic heterocycles. The highest BCUT2D eigenvalue weighted by Gasteiger charge is 2.12. The fourth-order valence-electron chi connectivity index (χ4n) is 2.76. The van der Waals surface area contributed by atoms with Crippen molar-refractivity contribution >= 4 is 29.5 Å². The van der Waals surface area contributed by atoms with Crippen molar-refractivity contribution in [1.82, 2.24) is 4.98 Å². The second-order valence-corrected chi connectivity index (χ2v) is 8.25. The lowest BCUT2D eigenvalue weighted by Gasteiger charge is -2.07. The number of benzene rings is 2. The average molecular weight is 430 g/mol. The zero-order valence-electron chi connectivity index (χ0n) is 16.4. The van der Waals surface area contributed by atoms with Crippen LogP contribution in [-0.2, 0) is 17.0 Å². The highest BCUT2D eigenvalue weighted by Crippen LogP contribution is 2.25. The number of thioether (sulfide) groups is 2. The monoisotopic (exact) mass is 429 g/mol. The van der Waals surface area contributed by atoms with Gasteiger partial charge in [0.15, 0.2) is 0 Å². The molecule has 0 radical (unpaired) electrons. The Bertz CT molecular complexity index is 954. The van der Waals surface area contributed by atoms with Crippen molar-refractivity contribution in [1.29, 1.82) is 0 Å². The lowest BCUT2D eigenvalue weighted by Crippen LogP contribution is -2.03. The molecule has 0 fully saturated rings. The average Bonchev–Trinajstić information content (AvgIpc) is 3.09. The number of carboxylic acids is 1. The van der Waals surface area contributed by atoms with E-state index in [4.69, 9.17) is 14.3 Å². The van der Waals surface area contributed by atoms with Gasteiger partial charge in [-0.15, -0.1) is 23.5 Å². The van der Waals surface area contributed by atoms with Gasteiger partial charge >= 0.3 is 5.97 Å². The Morgan fingerprint density at radius 3 is 2.72 bits per heavy atom. The van der Waals surface area contributed by atoms with E-state index in [2.05, 4.69) is 17.1 Å². The first-order chi connectivity index (χ1) is 14.0. The highest BCUT2D eigenvalue weighted by atomic mass is 32.2. The van der Waals surface area contributed by atoms with Crippen molar-refractivity contribution < 1.29 is 19.1 Å². The van der Waals surface area contributed by atoms with Gasteiger partial charge in [-0.1, -0.05) is 12.1 Å². The van der Waals surface area contributed by atoms with Gasteiger partial charge in [-0.2, -0.15) is 0 Å². The summed E-state index contributed by atoms with van der Waals surface area (Å²) in [5, 5.41) is 8.73. The molecule has 2 aromatic carbocycles. The third-order valence-corrected chi connectivity index (χ3v) is 5.96. The summed E-state index contributed by atoms with van der Waals surface area (Å²) in [5.74, 6) is 2.14. The summed E-state index contributed by atoms with van der Waals surface area (Å²) in [5.41, 5.74) is 2.90. The van der Waals surface area contributed by atoms with Crippen LogP contribution >= 0.6 is 23.5 Å². The topological polar surface area (TPSA) is 72.6 Å². The standard InChI is InChI=1S/C22H23NO4S2/c1-15-20(23-22(27-15)17-6-8-19(28-2)9-7-17)10-11-26-18-5-3-4-16(12-18)13-29-14-21(24)25/h3-9,12H,10-11,13-14H2,1-2H3,(H,24,25). The van der Waals surface area contributed by atoms with E-state index in [-0.39, 0.29) is 5.75 Å². The summed E-state index contributed by atoms with van der Waals surface area (Å²) in [4.78, 5) is 16.5. The molecule has 152 valence electrons. The summed E-state index contributed by atoms with van der Waals surface area (Å²) in [7, 11) is 0. The fourth-order valence-corrected chi connectivity index (χ4v) is 3.86. The van der Waals surface area contributed by atoms with Crippen molar-refractivity contribution in [3.8, 4) is 17.2 Å². The molecule has 0 atom stereocenters. The highest BCUT2D eigenvalue weighted by molar-refractivity contribution is 7.99. The molecule has 0 amide bonds. The maximum absolute atomic E-state index is 10.6. The van der Waals surface area contributed by atoms with Crippen molar-refractivity contribution in [2.45, 2.75) is 24.0 Å². The van der Waals surface area contributed by atoms with Crippen molar-refractivity contribution in [2.24, 2.45) is 0 Å². The number of nitrogens with zero attached hydrogens (tertiary/aromatic N) is 1. The first kappa shape index (κ1) is 21.3. The molecular weight excluding hydrogens is 406 g/mol. The molecule has 0 saturated carbocycles. The summed E-state index contributed by atoms with van der Waals surface area (Å²) in [6.07, 6.45) is 2.70. The van der Waals surface area contributed by atoms with Gasteiger partial charge in [0.25, 0.3) is 0 Å². The number of carboxylic acid groups (broad SMARTS) is 1. The summed E-state index contributed by atoms with van der Waals surface area (Å²) < 4.78 is 11.7. The van der Waals surface area contributed by atoms with Crippen LogP contribution in [0.3, 0.4) is 0 Å². The van der Waals surface area contributed by atoms with Crippen LogP contribution in [0.15, 0.2) is 57.8 Å². The van der Waals surface area contributed by atoms with Gasteiger partial charge in [-0.3, -0.25) is 4.79 Å². The minimum absolute atomic E-state index is 0.0961. The van der Waals surface area contributed by atoms with Gasteiger partial charge < -0.3 is 14.3 Å². The van der Waals surface area contributed by atoms with Gasteiger partial charge in [-0.05, 0) is 55.1 Å². The zero-order valence-corrected chi connectivity index (χ0v) is 18.0. The second kappa shape index (κ2) is 10.4. The van der Waals surface area contributed by atoms with E-state index in [0.717, 1.165) is 28.3 Å². The number of carbonyl (C=O) groups is 1. The number of oxazole rings is 1. The van der Waals surface area contributed by atoms with E-state index in [1.54, 1.807) is 11.8 Å². The van der Waals surface area contributed by atoms with E-state index in [9.17, 15) is 4.79 Å². The Morgan fingerprint density at radius 2 is 2.00 bits per heavy atom. The molecule has 0 saturated heterocycles. The van der Waals surface area contributed by atoms with Gasteiger partial charge in [-0.25, -0.2) is 4.98 Å². The van der Waals surface area contributed by atoms with Crippen LogP contribution in [0.2, 0.25) is 0 Å². The van der Waals surface area contributed by atoms with E-state index in [1.807, 2.05) is 49.6 Å². The molecule has 3 rings (SSSR count). The molecule has 0 aliphatic heterocycles. The maximum atomic E-state index is 10.6. The van der Waals surface area contributed by atoms with Crippen molar-refractivity contribution in [3.05, 3.63) is 65.5 Å². The lowest BCUT2D eigenvalue weighted by atomic mass is 10.2. The molecule has 1 N–H and O–H groups in total. The summed E-state index contributed by atoms with van der Waals surface area (Å²) in [6.45, 7) is 2.41. The predicted octanol–water partition coefficient (Wildman–Crippen LogP) is 5.31. The quantitative estimate of drug-likeness (QED) is 0.438. The Kier molecular flexibility index (Phi) is 7.66. The predicted molar refractivity (Wildman–Crippen MR) is 118 cm³/mol. The minimum Gasteiger partial charge on any atom is -0.493 e. The zero-order chi connectivity index (χ0) is 20.6. The van der Waals surface area contributed by atoms with E-state index in [1.165, 1.54) is 16.7 Å². The third-order valence-electron chi connectivity index (χ3n) is 4.23. The van der Waals surface area contributed by atoms with Crippen LogP contribution < -0.4 is 4.74 Å². The molecule has 0 spiro atoms. The van der Waals surface area contributed by atoms with Crippen LogP contribution in [0.25, 0.3) is 11.5 Å². The number of aryl methyl sites for hydroxylation is 1. The van der Waals surface area contributed by atoms with Crippen LogP contribution in [0.1, 0.15) is 17.0 Å². The first-order valence-electron chi connectivity index (χ1n) is 9.17. The van der Waals surface area contributed by atoms with Gasteiger partial charge in [0.05, 0.1) is 18.1 Å². The molecule has 0 unspecified atom stereocenters. The molecule has 29 heavy (non-hydrogen) atoms. The number of aliphatic carboxylic acids is 1. The Morgan fingerprint density at radius 1 is 1.21 bits per heavy atom. The normalized spacial score (nSPS) is 10.8. The van der Waals surface area contributed by atoms with Crippen LogP contribution in [0.4, 0.5) is 0 Å². The molecule has 0 aliphatic rings. The van der Waals surface area contributed by atoms with Crippen LogP contribution in [0, 0.1) is 6.92 Å². The third kappa shape index (κ3) is 6.30. The smallest absolute Gasteiger partial charge is 0.313 e. The van der Waals surface area contributed by atoms with Crippen LogP contribution in [-0.4, -0.2) is 34.7 Å². The van der Waals surface area contributed by atoms with Gasteiger partial charge in [0, 0.05) is 22.6 Å². The largest absolute Gasteiger partial charge is 0.493 e. The molecule has 7 heteroatoms. The second-order valence-electron chi connectivity index (χ2n) is 6.38. The maximum Gasteiger partial charge on any atom is 0.313 e. The Hall–Kier alpha value is -2.38. The van der Waals surface area contributed by atoms with E-state index in [0.29, 0.717) is 24.7 Å². The fraction of sp³-hybridized carbons (Fsp3) is 0.273. The number of ether oxygens (including phenoxy) is 1. The van der Waals surface area contributed by atoms with Gasteiger partial charge in [0.1, 0.15) is 11.5 Å². The van der Waals surface area contributed by atoms with E-state index < -0.39 is 5.97 Å². The molecule has 0 bridgehead atoms. The SMILES string of the molecule is CSc1ccc(-c2nc(CCOc3cccc(CSCC(=O)O)c3)c(C)o2)cc1. The van der Waals surface area contributed by atoms with Crippen molar-refractivity contribution in [3.63, 3.8) is 0 Å². The van der Waals surface area contributed by atoms with Crippen LogP contribution in [0.5, 0.6) is 5.75 Å². The lowest BCUT2D eigenvalue weighted by molar-refractivity contribution is -0.133. The summed E-state index contributed by atoms with van der Waals surface area (Å²) >= 11 is 3.07. The number of aromatic nitrogens is 1. The van der Waals surface area contributed by atoms with E-state index >= 15 is 0 Å². The number of rotatable bonds is 10. The number of hydrogen-bond acceptors (Lipinski definition) is 6. The van der Waals surface area contributed by atoms with Gasteiger partial charge in [0.2, 0.25) is 5.89 Å².